The molecule has 5 N–H and O–H groups in total. The molecule has 3 heterocycles. The van der Waals surface area contributed by atoms with Crippen LogP contribution in [0.2, 0.25) is 0 Å². The van der Waals surface area contributed by atoms with E-state index in [1.54, 1.807) is 4.90 Å². The maximum Gasteiger partial charge on any atom is 0.410 e. The maximum absolute atomic E-state index is 12.6. The summed E-state index contributed by atoms with van der Waals surface area (Å²) >= 11 is 0. The highest BCUT2D eigenvalue weighted by atomic mass is 16.6. The summed E-state index contributed by atoms with van der Waals surface area (Å²) in [6, 6.07) is 0. The van der Waals surface area contributed by atoms with Crippen LogP contribution in [0, 0.1) is 5.92 Å². The number of carbonyl (C=O) groups is 2. The SMILES string of the molecule is CC(C)(C)OC(=O)N1CCC(C(=O)N/N=C(\N)c2cnc(N)c(-c3nnc(C(C)(C)C)o3)n2)CC1. The summed E-state index contributed by atoms with van der Waals surface area (Å²) in [5.41, 5.74) is 13.9. The zero-order valence-corrected chi connectivity index (χ0v) is 21.0. The summed E-state index contributed by atoms with van der Waals surface area (Å²) in [5, 5.41) is 12.0. The van der Waals surface area contributed by atoms with Crippen molar-refractivity contribution in [2.45, 2.75) is 65.4 Å². The molecule has 0 bridgehead atoms. The van der Waals surface area contributed by atoms with Crippen LogP contribution in [0.3, 0.4) is 0 Å². The molecule has 0 atom stereocenters. The Hall–Kier alpha value is -3.77. The largest absolute Gasteiger partial charge is 0.444 e. The minimum absolute atomic E-state index is 0.0612. The number of hydrogen-bond acceptors (Lipinski definition) is 10. The van der Waals surface area contributed by atoms with E-state index in [2.05, 4.69) is 30.7 Å². The molecule has 1 aliphatic rings. The number of rotatable bonds is 4. The fourth-order valence-electron chi connectivity index (χ4n) is 3.22. The molecule has 3 rings (SSSR count). The van der Waals surface area contributed by atoms with E-state index in [0.717, 1.165) is 0 Å². The Kier molecular flexibility index (Phi) is 7.27. The van der Waals surface area contributed by atoms with E-state index in [9.17, 15) is 9.59 Å². The zero-order valence-electron chi connectivity index (χ0n) is 21.0. The summed E-state index contributed by atoms with van der Waals surface area (Å²) in [6.45, 7) is 12.1. The third-order valence-corrected chi connectivity index (χ3v) is 5.14. The van der Waals surface area contributed by atoms with Crippen LogP contribution in [0.25, 0.3) is 11.6 Å². The van der Waals surface area contributed by atoms with Crippen LogP contribution in [-0.2, 0) is 14.9 Å². The van der Waals surface area contributed by atoms with Gasteiger partial charge in [0.2, 0.25) is 11.8 Å². The van der Waals surface area contributed by atoms with E-state index in [1.165, 1.54) is 6.20 Å². The van der Waals surface area contributed by atoms with Crippen molar-refractivity contribution in [2.75, 3.05) is 18.8 Å². The summed E-state index contributed by atoms with van der Waals surface area (Å²) in [4.78, 5) is 34.8. The lowest BCUT2D eigenvalue weighted by Crippen LogP contribution is -2.44. The van der Waals surface area contributed by atoms with Crippen molar-refractivity contribution in [1.82, 2.24) is 30.5 Å². The Morgan fingerprint density at radius 1 is 1.17 bits per heavy atom. The number of ether oxygens (including phenoxy) is 1. The van der Waals surface area contributed by atoms with Crippen molar-refractivity contribution in [3.63, 3.8) is 0 Å². The van der Waals surface area contributed by atoms with Gasteiger partial charge in [-0.1, -0.05) is 20.8 Å². The van der Waals surface area contributed by atoms with Crippen molar-refractivity contribution < 1.29 is 18.7 Å². The van der Waals surface area contributed by atoms with E-state index in [1.807, 2.05) is 41.5 Å². The standard InChI is InChI=1S/C22H33N9O4/c1-21(2,3)19-30-29-18(34-19)14-16(24)25-11-13(26-14)15(23)27-28-17(32)12-7-9-31(10-8-12)20(33)35-22(4,5)6/h11-12H,7-10H2,1-6H3,(H2,23,27)(H2,24,25)(H,28,32). The van der Waals surface area contributed by atoms with Crippen LogP contribution < -0.4 is 16.9 Å². The van der Waals surface area contributed by atoms with Gasteiger partial charge in [-0.15, -0.1) is 10.2 Å². The van der Waals surface area contributed by atoms with E-state index >= 15 is 0 Å². The highest BCUT2D eigenvalue weighted by Gasteiger charge is 2.30. The number of hydrogen-bond donors (Lipinski definition) is 3. The van der Waals surface area contributed by atoms with Crippen LogP contribution >= 0.6 is 0 Å². The Balaban J connectivity index is 1.62. The van der Waals surface area contributed by atoms with Gasteiger partial charge in [-0.05, 0) is 33.6 Å². The topological polar surface area (TPSA) is 188 Å². The number of aromatic nitrogens is 4. The first kappa shape index (κ1) is 25.8. The average molecular weight is 488 g/mol. The molecular weight excluding hydrogens is 454 g/mol. The van der Waals surface area contributed by atoms with Crippen molar-refractivity contribution in [3.8, 4) is 11.6 Å². The Labute approximate surface area is 203 Å². The molecule has 0 aliphatic carbocycles. The molecule has 2 aromatic heterocycles. The molecular formula is C22H33N9O4. The van der Waals surface area contributed by atoms with Gasteiger partial charge in [0.15, 0.2) is 17.3 Å². The number of nitrogens with zero attached hydrogens (tertiary/aromatic N) is 6. The minimum Gasteiger partial charge on any atom is -0.444 e. The van der Waals surface area contributed by atoms with E-state index in [-0.39, 0.29) is 52.3 Å². The van der Waals surface area contributed by atoms with Gasteiger partial charge in [0.1, 0.15) is 11.3 Å². The number of nitrogens with one attached hydrogen (secondary N) is 1. The second kappa shape index (κ2) is 9.84. The van der Waals surface area contributed by atoms with Gasteiger partial charge in [0.25, 0.3) is 5.89 Å². The molecule has 35 heavy (non-hydrogen) atoms. The highest BCUT2D eigenvalue weighted by molar-refractivity contribution is 5.96. The molecule has 0 radical (unpaired) electrons. The van der Waals surface area contributed by atoms with Crippen molar-refractivity contribution in [1.29, 1.82) is 0 Å². The molecule has 13 heteroatoms. The van der Waals surface area contributed by atoms with Gasteiger partial charge in [-0.25, -0.2) is 20.2 Å². The fourth-order valence-corrected chi connectivity index (χ4v) is 3.22. The Bertz CT molecular complexity index is 1110. The number of carbonyl (C=O) groups excluding carboxylic acids is 2. The second-order valence-electron chi connectivity index (χ2n) is 10.4. The molecule has 0 aromatic carbocycles. The lowest BCUT2D eigenvalue weighted by atomic mass is 9.96. The first-order valence-corrected chi connectivity index (χ1v) is 11.3. The van der Waals surface area contributed by atoms with Gasteiger partial charge in [-0.2, -0.15) is 5.10 Å². The van der Waals surface area contributed by atoms with Crippen molar-refractivity contribution in [3.05, 3.63) is 17.8 Å². The first-order valence-electron chi connectivity index (χ1n) is 11.3. The predicted octanol–water partition coefficient (Wildman–Crippen LogP) is 1.79. The first-order chi connectivity index (χ1) is 16.2. The van der Waals surface area contributed by atoms with E-state index < -0.39 is 5.60 Å². The number of piperidine rings is 1. The fraction of sp³-hybridized carbons (Fsp3) is 0.591. The van der Waals surface area contributed by atoms with Crippen LogP contribution in [0.4, 0.5) is 10.6 Å². The minimum atomic E-state index is -0.569. The summed E-state index contributed by atoms with van der Waals surface area (Å²) in [6.07, 6.45) is 1.93. The summed E-state index contributed by atoms with van der Waals surface area (Å²) < 4.78 is 11.1. The zero-order chi connectivity index (χ0) is 26.0. The monoisotopic (exact) mass is 487 g/mol. The molecule has 1 saturated heterocycles. The van der Waals surface area contributed by atoms with Crippen LogP contribution in [-0.4, -0.2) is 61.6 Å². The number of nitrogens with two attached hydrogens (primary N) is 2. The van der Waals surface area contributed by atoms with E-state index in [4.69, 9.17) is 20.6 Å². The second-order valence-corrected chi connectivity index (χ2v) is 10.4. The smallest absolute Gasteiger partial charge is 0.410 e. The third-order valence-electron chi connectivity index (χ3n) is 5.14. The number of amides is 2. The third kappa shape index (κ3) is 6.64. The molecule has 2 aromatic rings. The van der Waals surface area contributed by atoms with Gasteiger partial charge < -0.3 is 25.5 Å². The van der Waals surface area contributed by atoms with Crippen molar-refractivity contribution in [2.24, 2.45) is 16.8 Å². The normalized spacial score (nSPS) is 15.7. The average Bonchev–Trinajstić information content (AvgIpc) is 3.27. The van der Waals surface area contributed by atoms with Gasteiger partial charge in [-0.3, -0.25) is 4.79 Å². The number of amidine groups is 1. The van der Waals surface area contributed by atoms with Gasteiger partial charge in [0, 0.05) is 24.4 Å². The number of likely N-dealkylation sites (tertiary alicyclic amines) is 1. The van der Waals surface area contributed by atoms with Crippen LogP contribution in [0.1, 0.15) is 66.0 Å². The molecule has 0 spiro atoms. The Morgan fingerprint density at radius 2 is 1.83 bits per heavy atom. The molecule has 0 saturated carbocycles. The number of nitrogen functional groups attached to an aromatic ring is 1. The molecule has 1 fully saturated rings. The quantitative estimate of drug-likeness (QED) is 0.326. The summed E-state index contributed by atoms with van der Waals surface area (Å²) in [5.74, 6) is -0.0546. The lowest BCUT2D eigenvalue weighted by Gasteiger charge is -2.32. The summed E-state index contributed by atoms with van der Waals surface area (Å²) in [7, 11) is 0. The maximum atomic E-state index is 12.6. The molecule has 2 amide bonds. The predicted molar refractivity (Wildman–Crippen MR) is 128 cm³/mol. The number of anilines is 1. The van der Waals surface area contributed by atoms with Crippen LogP contribution in [0.5, 0.6) is 0 Å². The van der Waals surface area contributed by atoms with Crippen LogP contribution in [0.15, 0.2) is 15.7 Å². The number of hydrazone groups is 1. The lowest BCUT2D eigenvalue weighted by molar-refractivity contribution is -0.126. The molecule has 0 unspecified atom stereocenters. The van der Waals surface area contributed by atoms with Gasteiger partial charge in [0.05, 0.1) is 6.20 Å². The highest BCUT2D eigenvalue weighted by Crippen LogP contribution is 2.26. The van der Waals surface area contributed by atoms with Crippen molar-refractivity contribution >= 4 is 23.7 Å². The molecule has 1 aliphatic heterocycles. The van der Waals surface area contributed by atoms with E-state index in [0.29, 0.717) is 31.8 Å². The Morgan fingerprint density at radius 3 is 2.40 bits per heavy atom. The molecule has 190 valence electrons. The van der Waals surface area contributed by atoms with Gasteiger partial charge >= 0.3 is 6.09 Å². The molecule has 13 nitrogen and oxygen atoms in total.